The highest BCUT2D eigenvalue weighted by molar-refractivity contribution is 7.07. The number of likely N-dealkylation sites (tertiary alicyclic amines) is 1. The summed E-state index contributed by atoms with van der Waals surface area (Å²) in [6, 6.07) is 2.17. The fraction of sp³-hybridized carbons (Fsp3) is 0.462. The van der Waals surface area contributed by atoms with E-state index in [0.717, 1.165) is 25.9 Å². The van der Waals surface area contributed by atoms with Crippen molar-refractivity contribution < 1.29 is 4.79 Å². The van der Waals surface area contributed by atoms with E-state index in [0.29, 0.717) is 12.3 Å². The average Bonchev–Trinajstić information content (AvgIpc) is 2.94. The second-order valence-electron chi connectivity index (χ2n) is 4.21. The maximum absolute atomic E-state index is 11.8. The van der Waals surface area contributed by atoms with Crippen LogP contribution in [0.1, 0.15) is 30.7 Å². The van der Waals surface area contributed by atoms with Gasteiger partial charge in [-0.3, -0.25) is 4.79 Å². The van der Waals surface area contributed by atoms with Gasteiger partial charge >= 0.3 is 0 Å². The summed E-state index contributed by atoms with van der Waals surface area (Å²) in [4.78, 5) is 13.8. The summed E-state index contributed by atoms with van der Waals surface area (Å²) in [5.41, 5.74) is 1.39. The predicted molar refractivity (Wildman–Crippen MR) is 67.7 cm³/mol. The highest BCUT2D eigenvalue weighted by Gasteiger charge is 2.26. The van der Waals surface area contributed by atoms with Crippen LogP contribution in [0.5, 0.6) is 0 Å². The normalized spacial score (nSPS) is 20.0. The second-order valence-corrected chi connectivity index (χ2v) is 4.99. The summed E-state index contributed by atoms with van der Waals surface area (Å²) in [5, 5.41) is 4.31. The number of rotatable bonds is 4. The fourth-order valence-electron chi connectivity index (χ4n) is 2.15. The molecule has 0 N–H and O–H groups in total. The van der Waals surface area contributed by atoms with Crippen molar-refractivity contribution in [1.82, 2.24) is 4.90 Å². The molecule has 16 heavy (non-hydrogen) atoms. The van der Waals surface area contributed by atoms with E-state index in [1.165, 1.54) is 5.56 Å². The van der Waals surface area contributed by atoms with Crippen molar-refractivity contribution >= 4 is 17.2 Å². The number of thiophene rings is 1. The first kappa shape index (κ1) is 11.4. The van der Waals surface area contributed by atoms with Gasteiger partial charge in [0.2, 0.25) is 5.91 Å². The lowest BCUT2D eigenvalue weighted by molar-refractivity contribution is -0.130. The molecule has 86 valence electrons. The van der Waals surface area contributed by atoms with E-state index in [1.54, 1.807) is 11.3 Å². The van der Waals surface area contributed by atoms with Crippen molar-refractivity contribution in [2.45, 2.75) is 25.2 Å². The van der Waals surface area contributed by atoms with Crippen LogP contribution in [0.3, 0.4) is 0 Å². The molecule has 2 nitrogen and oxygen atoms in total. The Balaban J connectivity index is 1.88. The Kier molecular flexibility index (Phi) is 3.78. The van der Waals surface area contributed by atoms with Gasteiger partial charge in [0, 0.05) is 25.4 Å². The third kappa shape index (κ3) is 2.53. The molecule has 1 aliphatic rings. The van der Waals surface area contributed by atoms with Crippen LogP contribution in [-0.4, -0.2) is 23.9 Å². The molecular formula is C13H17NOS. The number of hydrogen-bond donors (Lipinski definition) is 0. The van der Waals surface area contributed by atoms with Crippen molar-refractivity contribution in [3.63, 3.8) is 0 Å². The molecule has 1 aliphatic heterocycles. The van der Waals surface area contributed by atoms with Gasteiger partial charge in [0.25, 0.3) is 0 Å². The molecular weight excluding hydrogens is 218 g/mol. The number of carbonyl (C=O) groups excluding carboxylic acids is 1. The molecule has 0 bridgehead atoms. The standard InChI is InChI=1S/C13H17NOS/c1-2-3-4-13(15)14-7-5-11(9-14)12-6-8-16-10-12/h2,6,8,10-11H,1,3-5,7,9H2. The summed E-state index contributed by atoms with van der Waals surface area (Å²) in [7, 11) is 0. The molecule has 0 aromatic carbocycles. The quantitative estimate of drug-likeness (QED) is 0.735. The van der Waals surface area contributed by atoms with Gasteiger partial charge in [0.15, 0.2) is 0 Å². The van der Waals surface area contributed by atoms with Gasteiger partial charge in [-0.1, -0.05) is 6.08 Å². The number of carbonyl (C=O) groups is 1. The maximum atomic E-state index is 11.8. The third-order valence-corrected chi connectivity index (χ3v) is 3.82. The Morgan fingerprint density at radius 1 is 1.69 bits per heavy atom. The van der Waals surface area contributed by atoms with Crippen molar-refractivity contribution in [3.8, 4) is 0 Å². The van der Waals surface area contributed by atoms with Gasteiger partial charge in [-0.2, -0.15) is 11.3 Å². The largest absolute Gasteiger partial charge is 0.342 e. The van der Waals surface area contributed by atoms with E-state index in [2.05, 4.69) is 23.4 Å². The minimum absolute atomic E-state index is 0.276. The number of nitrogens with zero attached hydrogens (tertiary/aromatic N) is 1. The molecule has 1 amide bonds. The maximum Gasteiger partial charge on any atom is 0.222 e. The first-order valence-electron chi connectivity index (χ1n) is 5.72. The first-order chi connectivity index (χ1) is 7.81. The lowest BCUT2D eigenvalue weighted by atomic mass is 10.0. The molecule has 0 spiro atoms. The molecule has 1 fully saturated rings. The van der Waals surface area contributed by atoms with E-state index in [9.17, 15) is 4.79 Å². The fourth-order valence-corrected chi connectivity index (χ4v) is 2.89. The van der Waals surface area contributed by atoms with Crippen LogP contribution < -0.4 is 0 Å². The first-order valence-corrected chi connectivity index (χ1v) is 6.66. The molecule has 2 rings (SSSR count). The zero-order chi connectivity index (χ0) is 11.4. The van der Waals surface area contributed by atoms with Crippen LogP contribution in [0.4, 0.5) is 0 Å². The van der Waals surface area contributed by atoms with E-state index in [1.807, 2.05) is 11.0 Å². The Labute approximate surface area is 101 Å². The van der Waals surface area contributed by atoms with Gasteiger partial charge < -0.3 is 4.90 Å². The molecule has 2 heterocycles. The van der Waals surface area contributed by atoms with Crippen LogP contribution in [0.25, 0.3) is 0 Å². The lowest BCUT2D eigenvalue weighted by Crippen LogP contribution is -2.27. The van der Waals surface area contributed by atoms with Crippen LogP contribution in [0.2, 0.25) is 0 Å². The third-order valence-electron chi connectivity index (χ3n) is 3.12. The Morgan fingerprint density at radius 3 is 3.25 bits per heavy atom. The SMILES string of the molecule is C=CCCC(=O)N1CCC(c2ccsc2)C1. The Bertz CT molecular complexity index is 358. The second kappa shape index (κ2) is 5.30. The van der Waals surface area contributed by atoms with Gasteiger partial charge in [0.1, 0.15) is 0 Å². The Hall–Kier alpha value is -1.09. The smallest absolute Gasteiger partial charge is 0.222 e. The summed E-state index contributed by atoms with van der Waals surface area (Å²) in [6.45, 7) is 5.45. The molecule has 1 saturated heterocycles. The molecule has 3 heteroatoms. The molecule has 1 aromatic heterocycles. The van der Waals surface area contributed by atoms with Crippen molar-refractivity contribution in [2.75, 3.05) is 13.1 Å². The van der Waals surface area contributed by atoms with Crippen LogP contribution >= 0.6 is 11.3 Å². The zero-order valence-corrected chi connectivity index (χ0v) is 10.2. The minimum atomic E-state index is 0.276. The molecule has 1 atom stereocenters. The summed E-state index contributed by atoms with van der Waals surface area (Å²) < 4.78 is 0. The summed E-state index contributed by atoms with van der Waals surface area (Å²) in [6.07, 6.45) is 4.32. The molecule has 0 saturated carbocycles. The predicted octanol–water partition coefficient (Wildman–Crippen LogP) is 3.03. The van der Waals surface area contributed by atoms with Crippen molar-refractivity contribution in [1.29, 1.82) is 0 Å². The summed E-state index contributed by atoms with van der Waals surface area (Å²) in [5.74, 6) is 0.830. The summed E-state index contributed by atoms with van der Waals surface area (Å²) >= 11 is 1.73. The number of hydrogen-bond acceptors (Lipinski definition) is 2. The van der Waals surface area contributed by atoms with Gasteiger partial charge in [0.05, 0.1) is 0 Å². The average molecular weight is 235 g/mol. The highest BCUT2D eigenvalue weighted by atomic mass is 32.1. The van der Waals surface area contributed by atoms with Gasteiger partial charge in [-0.05, 0) is 35.2 Å². The lowest BCUT2D eigenvalue weighted by Gasteiger charge is -2.15. The topological polar surface area (TPSA) is 20.3 Å². The number of allylic oxidation sites excluding steroid dienone is 1. The van der Waals surface area contributed by atoms with Crippen molar-refractivity contribution in [2.24, 2.45) is 0 Å². The van der Waals surface area contributed by atoms with Gasteiger partial charge in [-0.15, -0.1) is 6.58 Å². The van der Waals surface area contributed by atoms with E-state index in [4.69, 9.17) is 0 Å². The molecule has 0 aliphatic carbocycles. The van der Waals surface area contributed by atoms with E-state index >= 15 is 0 Å². The van der Waals surface area contributed by atoms with E-state index in [-0.39, 0.29) is 5.91 Å². The van der Waals surface area contributed by atoms with Gasteiger partial charge in [-0.25, -0.2) is 0 Å². The van der Waals surface area contributed by atoms with E-state index < -0.39 is 0 Å². The highest BCUT2D eigenvalue weighted by Crippen LogP contribution is 2.28. The molecule has 1 unspecified atom stereocenters. The van der Waals surface area contributed by atoms with Crippen LogP contribution in [-0.2, 0) is 4.79 Å². The van der Waals surface area contributed by atoms with Crippen molar-refractivity contribution in [3.05, 3.63) is 35.0 Å². The Morgan fingerprint density at radius 2 is 2.56 bits per heavy atom. The molecule has 1 aromatic rings. The minimum Gasteiger partial charge on any atom is -0.342 e. The zero-order valence-electron chi connectivity index (χ0n) is 9.39. The van der Waals surface area contributed by atoms with Crippen LogP contribution in [0.15, 0.2) is 29.5 Å². The molecule has 0 radical (unpaired) electrons. The monoisotopic (exact) mass is 235 g/mol. The van der Waals surface area contributed by atoms with Crippen LogP contribution in [0, 0.1) is 0 Å². The number of amides is 1.